The number of carbonyl (C=O) groups is 1. The first-order valence-electron chi connectivity index (χ1n) is 10.5. The molecule has 1 amide bonds. The van der Waals surface area contributed by atoms with Gasteiger partial charge in [-0.2, -0.15) is 5.10 Å². The Balaban J connectivity index is 0.00000153. The minimum atomic E-state index is -0.421. The smallest absolute Gasteiger partial charge is 0.416 e. The van der Waals surface area contributed by atoms with Crippen molar-refractivity contribution >= 4 is 42.5 Å². The maximum Gasteiger partial charge on any atom is 0.416 e. The molecular weight excluding hydrogens is 465 g/mol. The third kappa shape index (κ3) is 5.48. The SMILES string of the molecule is Cl.Cl.O=C1O[C@]2(CC[C@H](CNc3ccc(-c4ccccn4)nn3)CC2)CN1c1cccnn1. The van der Waals surface area contributed by atoms with E-state index in [2.05, 4.69) is 30.7 Å². The number of hydrogen-bond donors (Lipinski definition) is 1. The molecule has 4 heterocycles. The largest absolute Gasteiger partial charge is 0.441 e. The minimum Gasteiger partial charge on any atom is -0.441 e. The molecule has 0 aromatic carbocycles. The van der Waals surface area contributed by atoms with E-state index in [1.54, 1.807) is 29.4 Å². The molecule has 33 heavy (non-hydrogen) atoms. The molecule has 1 spiro atoms. The van der Waals surface area contributed by atoms with Crippen molar-refractivity contribution in [1.82, 2.24) is 25.4 Å². The number of halogens is 2. The van der Waals surface area contributed by atoms with E-state index < -0.39 is 5.60 Å². The molecule has 0 atom stereocenters. The number of amides is 1. The summed E-state index contributed by atoms with van der Waals surface area (Å²) in [5.41, 5.74) is 1.14. The zero-order valence-electron chi connectivity index (χ0n) is 17.8. The summed E-state index contributed by atoms with van der Waals surface area (Å²) >= 11 is 0. The zero-order valence-corrected chi connectivity index (χ0v) is 19.5. The monoisotopic (exact) mass is 489 g/mol. The maximum absolute atomic E-state index is 12.4. The first-order valence-corrected chi connectivity index (χ1v) is 10.5. The predicted molar refractivity (Wildman–Crippen MR) is 129 cm³/mol. The van der Waals surface area contributed by atoms with E-state index >= 15 is 0 Å². The molecule has 3 aromatic heterocycles. The highest BCUT2D eigenvalue weighted by Gasteiger charge is 2.48. The van der Waals surface area contributed by atoms with Gasteiger partial charge in [0.15, 0.2) is 5.82 Å². The van der Waals surface area contributed by atoms with Crippen molar-refractivity contribution in [2.75, 3.05) is 23.3 Å². The lowest BCUT2D eigenvalue weighted by Gasteiger charge is -2.35. The number of carbonyl (C=O) groups excluding carboxylic acids is 1. The number of ether oxygens (including phenoxy) is 1. The molecule has 1 aliphatic heterocycles. The molecule has 174 valence electrons. The van der Waals surface area contributed by atoms with Crippen molar-refractivity contribution in [2.24, 2.45) is 5.92 Å². The van der Waals surface area contributed by atoms with Crippen LogP contribution in [0.25, 0.3) is 11.4 Å². The summed E-state index contributed by atoms with van der Waals surface area (Å²) in [6, 6.07) is 13.1. The van der Waals surface area contributed by atoms with Gasteiger partial charge in [-0.1, -0.05) is 6.07 Å². The normalized spacial score (nSPS) is 21.6. The first kappa shape index (κ1) is 24.6. The van der Waals surface area contributed by atoms with E-state index in [4.69, 9.17) is 4.74 Å². The molecular formula is C22H25Cl2N7O2. The molecule has 1 saturated carbocycles. The van der Waals surface area contributed by atoms with Crippen LogP contribution in [-0.2, 0) is 4.74 Å². The van der Waals surface area contributed by atoms with E-state index in [1.165, 1.54) is 0 Å². The van der Waals surface area contributed by atoms with Crippen molar-refractivity contribution in [2.45, 2.75) is 31.3 Å². The summed E-state index contributed by atoms with van der Waals surface area (Å²) in [5, 5.41) is 19.8. The van der Waals surface area contributed by atoms with Gasteiger partial charge in [-0.3, -0.25) is 9.88 Å². The van der Waals surface area contributed by atoms with Gasteiger partial charge < -0.3 is 10.1 Å². The molecule has 2 aliphatic rings. The summed E-state index contributed by atoms with van der Waals surface area (Å²) in [5.74, 6) is 1.79. The summed E-state index contributed by atoms with van der Waals surface area (Å²) in [7, 11) is 0. The highest BCUT2D eigenvalue weighted by molar-refractivity contribution is 5.89. The summed E-state index contributed by atoms with van der Waals surface area (Å²) in [6.45, 7) is 1.35. The number of rotatable bonds is 5. The summed E-state index contributed by atoms with van der Waals surface area (Å²) in [6.07, 6.45) is 6.64. The molecule has 1 aliphatic carbocycles. The topological polar surface area (TPSA) is 106 Å². The molecule has 1 saturated heterocycles. The lowest BCUT2D eigenvalue weighted by atomic mass is 9.78. The molecule has 11 heteroatoms. The number of nitrogens with one attached hydrogen (secondary N) is 1. The average Bonchev–Trinajstić information content (AvgIpc) is 3.16. The van der Waals surface area contributed by atoms with Crippen LogP contribution in [0.2, 0.25) is 0 Å². The van der Waals surface area contributed by atoms with Crippen LogP contribution in [0.15, 0.2) is 54.9 Å². The van der Waals surface area contributed by atoms with Crippen molar-refractivity contribution in [3.05, 3.63) is 54.9 Å². The lowest BCUT2D eigenvalue weighted by molar-refractivity contribution is 0.0148. The molecule has 9 nitrogen and oxygen atoms in total. The fourth-order valence-electron chi connectivity index (χ4n) is 4.23. The fraction of sp³-hybridized carbons (Fsp3) is 0.364. The first-order chi connectivity index (χ1) is 15.2. The van der Waals surface area contributed by atoms with Gasteiger partial charge in [0.25, 0.3) is 0 Å². The summed E-state index contributed by atoms with van der Waals surface area (Å²) in [4.78, 5) is 18.3. The highest BCUT2D eigenvalue weighted by atomic mass is 35.5. The predicted octanol–water partition coefficient (Wildman–Crippen LogP) is 4.17. The van der Waals surface area contributed by atoms with Gasteiger partial charge in [0.05, 0.1) is 12.2 Å². The van der Waals surface area contributed by atoms with Gasteiger partial charge >= 0.3 is 6.09 Å². The van der Waals surface area contributed by atoms with Crippen LogP contribution >= 0.6 is 24.8 Å². The number of anilines is 2. The standard InChI is InChI=1S/C22H23N7O2.2ClH/c30-21-29(20-5-3-13-25-28-20)15-22(31-21)10-8-16(9-11-22)14-24-19-7-6-18(26-27-19)17-4-1-2-12-23-17;;/h1-7,12-13,16H,8-11,14-15H2,(H,24,27);2*1H/t16-,22-;;. The van der Waals surface area contributed by atoms with Crippen LogP contribution < -0.4 is 10.2 Å². The van der Waals surface area contributed by atoms with Crippen LogP contribution in [0, 0.1) is 5.92 Å². The average molecular weight is 490 g/mol. The van der Waals surface area contributed by atoms with Gasteiger partial charge in [0.2, 0.25) is 0 Å². The van der Waals surface area contributed by atoms with Gasteiger partial charge in [0.1, 0.15) is 17.1 Å². The number of aromatic nitrogens is 5. The van der Waals surface area contributed by atoms with Gasteiger partial charge in [-0.05, 0) is 68.0 Å². The van der Waals surface area contributed by atoms with Gasteiger partial charge in [0, 0.05) is 18.9 Å². The van der Waals surface area contributed by atoms with Gasteiger partial charge in [-0.25, -0.2) is 4.79 Å². The molecule has 5 rings (SSSR count). The third-order valence-electron chi connectivity index (χ3n) is 5.99. The zero-order chi connectivity index (χ0) is 21.1. The van der Waals surface area contributed by atoms with E-state index in [0.717, 1.165) is 49.4 Å². The molecule has 0 radical (unpaired) electrons. The Hall–Kier alpha value is -3.04. The Morgan fingerprint density at radius 2 is 1.82 bits per heavy atom. The number of pyridine rings is 1. The van der Waals surface area contributed by atoms with Gasteiger partial charge in [-0.15, -0.1) is 40.1 Å². The minimum absolute atomic E-state index is 0. The van der Waals surface area contributed by atoms with Crippen LogP contribution in [0.4, 0.5) is 16.4 Å². The molecule has 3 aromatic rings. The van der Waals surface area contributed by atoms with E-state index in [-0.39, 0.29) is 30.9 Å². The highest BCUT2D eigenvalue weighted by Crippen LogP contribution is 2.40. The number of hydrogen-bond acceptors (Lipinski definition) is 8. The van der Waals surface area contributed by atoms with Crippen LogP contribution in [0.5, 0.6) is 0 Å². The van der Waals surface area contributed by atoms with Crippen molar-refractivity contribution in [1.29, 1.82) is 0 Å². The Kier molecular flexibility index (Phi) is 7.99. The van der Waals surface area contributed by atoms with Crippen molar-refractivity contribution in [3.8, 4) is 11.4 Å². The van der Waals surface area contributed by atoms with E-state index in [9.17, 15) is 4.79 Å². The maximum atomic E-state index is 12.4. The quantitative estimate of drug-likeness (QED) is 0.568. The van der Waals surface area contributed by atoms with Crippen LogP contribution in [0.3, 0.4) is 0 Å². The van der Waals surface area contributed by atoms with Crippen molar-refractivity contribution < 1.29 is 9.53 Å². The second-order valence-electron chi connectivity index (χ2n) is 8.06. The third-order valence-corrected chi connectivity index (χ3v) is 5.99. The van der Waals surface area contributed by atoms with Crippen LogP contribution in [0.1, 0.15) is 25.7 Å². The summed E-state index contributed by atoms with van der Waals surface area (Å²) < 4.78 is 5.79. The molecule has 0 bridgehead atoms. The molecule has 1 N–H and O–H groups in total. The lowest BCUT2D eigenvalue weighted by Crippen LogP contribution is -2.39. The molecule has 0 unspecified atom stereocenters. The second kappa shape index (κ2) is 10.7. The van der Waals surface area contributed by atoms with Crippen molar-refractivity contribution in [3.63, 3.8) is 0 Å². The Bertz CT molecular complexity index is 1030. The molecule has 2 fully saturated rings. The fourth-order valence-corrected chi connectivity index (χ4v) is 4.23. The van der Waals surface area contributed by atoms with E-state index in [1.807, 2.05) is 30.3 Å². The Morgan fingerprint density at radius 3 is 2.48 bits per heavy atom. The van der Waals surface area contributed by atoms with Crippen LogP contribution in [-0.4, -0.2) is 50.2 Å². The van der Waals surface area contributed by atoms with E-state index in [0.29, 0.717) is 18.3 Å². The Morgan fingerprint density at radius 1 is 0.970 bits per heavy atom. The second-order valence-corrected chi connectivity index (χ2v) is 8.06. The Labute approximate surface area is 204 Å². The number of nitrogens with zero attached hydrogens (tertiary/aromatic N) is 6.